The van der Waals surface area contributed by atoms with E-state index in [0.29, 0.717) is 29.8 Å². The van der Waals surface area contributed by atoms with E-state index in [4.69, 9.17) is 13.9 Å². The molecule has 4 aromatic rings. The number of benzene rings is 1. The molecule has 0 spiro atoms. The van der Waals surface area contributed by atoms with Gasteiger partial charge in [-0.25, -0.2) is 4.79 Å². The van der Waals surface area contributed by atoms with Crippen LogP contribution in [0, 0.1) is 0 Å². The molecule has 8 heteroatoms. The normalized spacial score (nSPS) is 16.0. The lowest BCUT2D eigenvalue weighted by atomic mass is 10.1. The van der Waals surface area contributed by atoms with Crippen LogP contribution >= 0.6 is 0 Å². The van der Waals surface area contributed by atoms with Gasteiger partial charge < -0.3 is 18.5 Å². The molecule has 0 amide bonds. The van der Waals surface area contributed by atoms with Crippen molar-refractivity contribution in [1.29, 1.82) is 0 Å². The monoisotopic (exact) mass is 407 g/mol. The van der Waals surface area contributed by atoms with E-state index in [-0.39, 0.29) is 11.2 Å². The van der Waals surface area contributed by atoms with Crippen LogP contribution in [0.25, 0.3) is 22.2 Å². The summed E-state index contributed by atoms with van der Waals surface area (Å²) in [5, 5.41) is 0.488. The predicted octanol–water partition coefficient (Wildman–Crippen LogP) is 2.43. The van der Waals surface area contributed by atoms with E-state index in [0.717, 1.165) is 27.3 Å². The molecule has 8 nitrogen and oxygen atoms in total. The standard InChI is InChI=1S/C22H21N3O5/c1-23-18-16(21(26)24(2)22(23)27)17(13-6-8-14(28-3)9-7-13)25-10-12-30-20(19(18)25)15-5-4-11-29-15/h4-9,11,20H,10,12H2,1-3H3/t20-/m0/s1. The molecule has 3 aromatic heterocycles. The second-order valence-electron chi connectivity index (χ2n) is 7.31. The molecule has 1 aliphatic heterocycles. The number of methoxy groups -OCH3 is 1. The molecule has 0 fully saturated rings. The van der Waals surface area contributed by atoms with E-state index >= 15 is 0 Å². The van der Waals surface area contributed by atoms with Gasteiger partial charge in [0.2, 0.25) is 0 Å². The second-order valence-corrected chi connectivity index (χ2v) is 7.31. The molecule has 0 saturated heterocycles. The van der Waals surface area contributed by atoms with Gasteiger partial charge in [-0.05, 0) is 42.0 Å². The van der Waals surface area contributed by atoms with Gasteiger partial charge in [0.15, 0.2) is 6.10 Å². The van der Waals surface area contributed by atoms with Crippen molar-refractivity contribution in [3.63, 3.8) is 0 Å². The van der Waals surface area contributed by atoms with E-state index in [2.05, 4.69) is 4.57 Å². The lowest BCUT2D eigenvalue weighted by Gasteiger charge is -2.26. The number of aromatic nitrogens is 3. The zero-order chi connectivity index (χ0) is 21.0. The molecule has 0 aliphatic carbocycles. The summed E-state index contributed by atoms with van der Waals surface area (Å²) in [6, 6.07) is 11.2. The molecule has 1 aromatic carbocycles. The van der Waals surface area contributed by atoms with E-state index < -0.39 is 6.10 Å². The smallest absolute Gasteiger partial charge is 0.331 e. The third kappa shape index (κ3) is 2.50. The van der Waals surface area contributed by atoms with E-state index in [1.807, 2.05) is 30.3 Å². The molecule has 1 atom stereocenters. The number of hydrogen-bond acceptors (Lipinski definition) is 5. The van der Waals surface area contributed by atoms with Crippen LogP contribution in [0.4, 0.5) is 0 Å². The molecule has 5 rings (SSSR count). The van der Waals surface area contributed by atoms with Crippen LogP contribution in [0.3, 0.4) is 0 Å². The number of aryl methyl sites for hydroxylation is 1. The molecule has 30 heavy (non-hydrogen) atoms. The van der Waals surface area contributed by atoms with Crippen molar-refractivity contribution < 1.29 is 13.9 Å². The fourth-order valence-corrected chi connectivity index (χ4v) is 4.29. The number of rotatable bonds is 3. The van der Waals surface area contributed by atoms with Crippen LogP contribution in [0.15, 0.2) is 56.7 Å². The Bertz CT molecular complexity index is 1360. The van der Waals surface area contributed by atoms with Crippen molar-refractivity contribution in [3.05, 3.63) is 75.0 Å². The second kappa shape index (κ2) is 6.77. The minimum Gasteiger partial charge on any atom is -0.497 e. The van der Waals surface area contributed by atoms with Gasteiger partial charge in [-0.15, -0.1) is 0 Å². The SMILES string of the molecule is COc1ccc(-c2c3c(=O)n(C)c(=O)n(C)c3c3n2CCO[C@H]3c2ccco2)cc1. The summed E-state index contributed by atoms with van der Waals surface area (Å²) < 4.78 is 21.7. The molecule has 0 N–H and O–H groups in total. The minimum atomic E-state index is -0.513. The van der Waals surface area contributed by atoms with Crippen molar-refractivity contribution in [2.45, 2.75) is 12.6 Å². The Morgan fingerprint density at radius 2 is 1.83 bits per heavy atom. The fourth-order valence-electron chi connectivity index (χ4n) is 4.29. The lowest BCUT2D eigenvalue weighted by Crippen LogP contribution is -2.37. The van der Waals surface area contributed by atoms with Gasteiger partial charge in [0.1, 0.15) is 11.5 Å². The summed E-state index contributed by atoms with van der Waals surface area (Å²) in [5.41, 5.74) is 2.22. The highest BCUT2D eigenvalue weighted by molar-refractivity contribution is 5.96. The molecular formula is C22H21N3O5. The lowest BCUT2D eigenvalue weighted by molar-refractivity contribution is 0.0347. The highest BCUT2D eigenvalue weighted by Crippen LogP contribution is 2.40. The molecule has 0 unspecified atom stereocenters. The summed E-state index contributed by atoms with van der Waals surface area (Å²) in [6.45, 7) is 1.01. The third-order valence-electron chi connectivity index (χ3n) is 5.72. The Morgan fingerprint density at radius 3 is 2.50 bits per heavy atom. The van der Waals surface area contributed by atoms with Crippen molar-refractivity contribution in [1.82, 2.24) is 13.7 Å². The summed E-state index contributed by atoms with van der Waals surface area (Å²) in [4.78, 5) is 26.0. The zero-order valence-corrected chi connectivity index (χ0v) is 16.9. The average molecular weight is 407 g/mol. The number of furan rings is 1. The van der Waals surface area contributed by atoms with Crippen molar-refractivity contribution in [3.8, 4) is 17.0 Å². The maximum atomic E-state index is 13.3. The van der Waals surface area contributed by atoms with Crippen molar-refractivity contribution in [2.24, 2.45) is 14.1 Å². The van der Waals surface area contributed by atoms with Gasteiger partial charge in [-0.2, -0.15) is 0 Å². The zero-order valence-electron chi connectivity index (χ0n) is 16.9. The molecule has 1 aliphatic rings. The predicted molar refractivity (Wildman–Crippen MR) is 111 cm³/mol. The first-order valence-corrected chi connectivity index (χ1v) is 9.64. The number of ether oxygens (including phenoxy) is 2. The molecule has 0 saturated carbocycles. The van der Waals surface area contributed by atoms with Crippen LogP contribution in [0.1, 0.15) is 17.6 Å². The van der Waals surface area contributed by atoms with Gasteiger partial charge in [0.05, 0.1) is 42.3 Å². The van der Waals surface area contributed by atoms with Crippen molar-refractivity contribution >= 4 is 10.9 Å². The summed E-state index contributed by atoms with van der Waals surface area (Å²) in [7, 11) is 4.79. The largest absolute Gasteiger partial charge is 0.497 e. The number of hydrogen-bond donors (Lipinski definition) is 0. The topological polar surface area (TPSA) is 80.5 Å². The first-order valence-electron chi connectivity index (χ1n) is 9.64. The summed E-state index contributed by atoms with van der Waals surface area (Å²) >= 11 is 0. The highest BCUT2D eigenvalue weighted by Gasteiger charge is 2.34. The average Bonchev–Trinajstić information content (AvgIpc) is 3.42. The third-order valence-corrected chi connectivity index (χ3v) is 5.72. The van der Waals surface area contributed by atoms with Crippen LogP contribution in [0.5, 0.6) is 5.75 Å². The van der Waals surface area contributed by atoms with Crippen LogP contribution in [-0.4, -0.2) is 27.4 Å². The van der Waals surface area contributed by atoms with Gasteiger partial charge in [-0.1, -0.05) is 0 Å². The fraction of sp³-hybridized carbons (Fsp3) is 0.273. The Kier molecular flexibility index (Phi) is 4.18. The van der Waals surface area contributed by atoms with Gasteiger partial charge in [0, 0.05) is 20.6 Å². The van der Waals surface area contributed by atoms with E-state index in [1.54, 1.807) is 26.5 Å². The maximum absolute atomic E-state index is 13.3. The van der Waals surface area contributed by atoms with E-state index in [9.17, 15) is 9.59 Å². The van der Waals surface area contributed by atoms with Crippen LogP contribution in [-0.2, 0) is 25.4 Å². The first kappa shape index (κ1) is 18.5. The van der Waals surface area contributed by atoms with E-state index in [1.165, 1.54) is 11.6 Å². The molecule has 0 radical (unpaired) electrons. The van der Waals surface area contributed by atoms with Gasteiger partial charge in [-0.3, -0.25) is 13.9 Å². The Labute approximate surface area is 171 Å². The Hall–Kier alpha value is -3.52. The van der Waals surface area contributed by atoms with Crippen LogP contribution < -0.4 is 16.0 Å². The molecular weight excluding hydrogens is 386 g/mol. The number of fused-ring (bicyclic) bond motifs is 3. The number of nitrogens with zero attached hydrogens (tertiary/aromatic N) is 3. The highest BCUT2D eigenvalue weighted by atomic mass is 16.5. The molecule has 0 bridgehead atoms. The first-order chi connectivity index (χ1) is 14.5. The van der Waals surface area contributed by atoms with Gasteiger partial charge in [0.25, 0.3) is 5.56 Å². The Morgan fingerprint density at radius 1 is 1.07 bits per heavy atom. The summed E-state index contributed by atoms with van der Waals surface area (Å²) in [6.07, 6.45) is 1.08. The van der Waals surface area contributed by atoms with Crippen LogP contribution in [0.2, 0.25) is 0 Å². The summed E-state index contributed by atoms with van der Waals surface area (Å²) in [5.74, 6) is 1.36. The molecule has 154 valence electrons. The Balaban J connectivity index is 1.93. The quantitative estimate of drug-likeness (QED) is 0.521. The minimum absolute atomic E-state index is 0.334. The van der Waals surface area contributed by atoms with Gasteiger partial charge >= 0.3 is 5.69 Å². The molecule has 4 heterocycles. The maximum Gasteiger partial charge on any atom is 0.331 e. The van der Waals surface area contributed by atoms with Crippen molar-refractivity contribution in [2.75, 3.05) is 13.7 Å².